The summed E-state index contributed by atoms with van der Waals surface area (Å²) >= 11 is 0. The molecule has 0 aliphatic carbocycles. The molecule has 0 radical (unpaired) electrons. The Bertz CT molecular complexity index is 1580. The number of pyridine rings is 2. The number of carbonyl (C=O) groups is 2. The third-order valence-corrected chi connectivity index (χ3v) is 6.69. The van der Waals surface area contributed by atoms with Crippen LogP contribution in [0.2, 0.25) is 0 Å². The van der Waals surface area contributed by atoms with Crippen molar-refractivity contribution in [2.24, 2.45) is 5.73 Å². The minimum atomic E-state index is -4.70. The van der Waals surface area contributed by atoms with Gasteiger partial charge in [-0.25, -0.2) is 13.2 Å². The van der Waals surface area contributed by atoms with Gasteiger partial charge in [-0.15, -0.1) is 0 Å². The second kappa shape index (κ2) is 10.0. The standard InChI is InChI=1S/C24H25N5O8S/c1-12-9-13(2)20(14(10-12)23(31)32)37-22-19(21(25)30)15(11-16(26-22)28-24(3,4)5)38(35,36)18-8-6-7-17(27-18)29(33)34/h6-11H,1-5H3,(H2,25,30)(H,26,28)(H,31,32). The fourth-order valence-corrected chi connectivity index (χ4v) is 4.99. The van der Waals surface area contributed by atoms with Gasteiger partial charge in [-0.3, -0.25) is 4.79 Å². The van der Waals surface area contributed by atoms with Gasteiger partial charge in [-0.05, 0) is 67.8 Å². The van der Waals surface area contributed by atoms with Crippen LogP contribution in [0.15, 0.2) is 46.3 Å². The van der Waals surface area contributed by atoms with Gasteiger partial charge in [-0.2, -0.15) is 4.98 Å². The molecule has 4 N–H and O–H groups in total. The smallest absolute Gasteiger partial charge is 0.364 e. The highest BCUT2D eigenvalue weighted by Gasteiger charge is 2.34. The average molecular weight is 544 g/mol. The lowest BCUT2D eigenvalue weighted by molar-refractivity contribution is -0.390. The van der Waals surface area contributed by atoms with E-state index in [9.17, 15) is 33.2 Å². The SMILES string of the molecule is Cc1cc(C)c(Oc2nc(NC(C)(C)C)cc(S(=O)(=O)c3cccc([N+](=O)[O-])n3)c2C(N)=O)c(C(=O)O)c1. The first kappa shape index (κ1) is 28.0. The van der Waals surface area contributed by atoms with E-state index in [1.54, 1.807) is 40.7 Å². The highest BCUT2D eigenvalue weighted by molar-refractivity contribution is 7.91. The Morgan fingerprint density at radius 2 is 1.79 bits per heavy atom. The zero-order chi connectivity index (χ0) is 28.6. The van der Waals surface area contributed by atoms with Gasteiger partial charge in [0.15, 0.2) is 0 Å². The van der Waals surface area contributed by atoms with Crippen LogP contribution in [0.25, 0.3) is 0 Å². The number of nitro groups is 1. The molecule has 0 unspecified atom stereocenters. The van der Waals surface area contributed by atoms with Crippen molar-refractivity contribution in [1.29, 1.82) is 0 Å². The first-order valence-electron chi connectivity index (χ1n) is 11.0. The van der Waals surface area contributed by atoms with Crippen LogP contribution in [0.4, 0.5) is 11.6 Å². The number of rotatable bonds is 8. The number of sulfone groups is 1. The first-order chi connectivity index (χ1) is 17.5. The summed E-state index contributed by atoms with van der Waals surface area (Å²) in [5, 5.41) is 23.2. The second-order valence-electron chi connectivity index (χ2n) is 9.39. The highest BCUT2D eigenvalue weighted by Crippen LogP contribution is 2.37. The van der Waals surface area contributed by atoms with Crippen LogP contribution in [0.5, 0.6) is 11.6 Å². The Kier molecular flexibility index (Phi) is 7.40. The van der Waals surface area contributed by atoms with E-state index < -0.39 is 59.4 Å². The van der Waals surface area contributed by atoms with Gasteiger partial charge in [0.25, 0.3) is 10.9 Å². The molecule has 0 fully saturated rings. The number of aromatic nitrogens is 2. The summed E-state index contributed by atoms with van der Waals surface area (Å²) in [6.07, 6.45) is 0. The van der Waals surface area contributed by atoms with E-state index in [0.717, 1.165) is 24.3 Å². The lowest BCUT2D eigenvalue weighted by atomic mass is 10.1. The highest BCUT2D eigenvalue weighted by atomic mass is 32.2. The summed E-state index contributed by atoms with van der Waals surface area (Å²) < 4.78 is 33.1. The van der Waals surface area contributed by atoms with Crippen LogP contribution in [0.1, 0.15) is 52.6 Å². The van der Waals surface area contributed by atoms with Crippen molar-refractivity contribution in [3.8, 4) is 11.6 Å². The lowest BCUT2D eigenvalue weighted by Crippen LogP contribution is -2.28. The molecule has 0 aliphatic heterocycles. The summed E-state index contributed by atoms with van der Waals surface area (Å²) in [5.41, 5.74) is 4.99. The topological polar surface area (TPSA) is 205 Å². The van der Waals surface area contributed by atoms with Gasteiger partial charge in [0.05, 0.1) is 4.90 Å². The number of aryl methyl sites for hydroxylation is 2. The first-order valence-corrected chi connectivity index (χ1v) is 12.5. The van der Waals surface area contributed by atoms with E-state index in [0.29, 0.717) is 11.1 Å². The molecule has 3 aromatic rings. The Balaban J connectivity index is 2.37. The van der Waals surface area contributed by atoms with Crippen LogP contribution < -0.4 is 15.8 Å². The van der Waals surface area contributed by atoms with E-state index in [1.807, 2.05) is 0 Å². The van der Waals surface area contributed by atoms with Gasteiger partial charge >= 0.3 is 11.8 Å². The van der Waals surface area contributed by atoms with E-state index in [4.69, 9.17) is 10.5 Å². The number of carboxylic acid groups (broad SMARTS) is 1. The van der Waals surface area contributed by atoms with Crippen molar-refractivity contribution in [2.75, 3.05) is 5.32 Å². The molecule has 0 saturated heterocycles. The number of ether oxygens (including phenoxy) is 1. The molecular formula is C24H25N5O8S. The number of carbonyl (C=O) groups excluding carboxylic acids is 1. The van der Waals surface area contributed by atoms with Crippen LogP contribution >= 0.6 is 0 Å². The van der Waals surface area contributed by atoms with Crippen LogP contribution in [0, 0.1) is 24.0 Å². The zero-order valence-electron chi connectivity index (χ0n) is 21.1. The van der Waals surface area contributed by atoms with Gasteiger partial charge in [0, 0.05) is 23.7 Å². The number of amides is 1. The third kappa shape index (κ3) is 5.86. The summed E-state index contributed by atoms with van der Waals surface area (Å²) in [5.74, 6) is -4.12. The van der Waals surface area contributed by atoms with Gasteiger partial charge < -0.3 is 31.0 Å². The number of nitrogens with two attached hydrogens (primary N) is 1. The Hall–Kier alpha value is -4.59. The average Bonchev–Trinajstić information content (AvgIpc) is 2.78. The van der Waals surface area contributed by atoms with Crippen molar-refractivity contribution in [2.45, 2.75) is 50.1 Å². The lowest BCUT2D eigenvalue weighted by Gasteiger charge is -2.23. The zero-order valence-corrected chi connectivity index (χ0v) is 21.9. The fraction of sp³-hybridized carbons (Fsp3) is 0.250. The number of nitrogens with one attached hydrogen (secondary N) is 1. The second-order valence-corrected chi connectivity index (χ2v) is 11.3. The van der Waals surface area contributed by atoms with Crippen molar-refractivity contribution in [3.05, 3.63) is 68.8 Å². The monoisotopic (exact) mass is 543 g/mol. The quantitative estimate of drug-likeness (QED) is 0.276. The van der Waals surface area contributed by atoms with Crippen LogP contribution in [0.3, 0.4) is 0 Å². The summed E-state index contributed by atoms with van der Waals surface area (Å²) in [7, 11) is -4.70. The minimum Gasteiger partial charge on any atom is -0.478 e. The Morgan fingerprint density at radius 3 is 2.34 bits per heavy atom. The fourth-order valence-electron chi connectivity index (χ4n) is 3.57. The molecule has 1 aromatic carbocycles. The molecule has 200 valence electrons. The number of anilines is 1. The van der Waals surface area contributed by atoms with E-state index in [1.165, 1.54) is 6.07 Å². The van der Waals surface area contributed by atoms with E-state index in [2.05, 4.69) is 15.3 Å². The number of nitrogens with zero attached hydrogens (tertiary/aromatic N) is 3. The molecule has 0 aliphatic rings. The van der Waals surface area contributed by atoms with Crippen molar-refractivity contribution in [1.82, 2.24) is 9.97 Å². The van der Waals surface area contributed by atoms with Crippen LogP contribution in [-0.4, -0.2) is 45.8 Å². The number of aromatic carboxylic acids is 1. The molecule has 0 spiro atoms. The Labute approximate surface area is 217 Å². The van der Waals surface area contributed by atoms with E-state index in [-0.39, 0.29) is 17.1 Å². The normalized spacial score (nSPS) is 11.6. The number of primary amides is 1. The summed E-state index contributed by atoms with van der Waals surface area (Å²) in [6.45, 7) is 8.54. The van der Waals surface area contributed by atoms with Gasteiger partial charge in [-0.1, -0.05) is 6.07 Å². The van der Waals surface area contributed by atoms with E-state index >= 15 is 0 Å². The van der Waals surface area contributed by atoms with Crippen molar-refractivity contribution in [3.63, 3.8) is 0 Å². The summed E-state index contributed by atoms with van der Waals surface area (Å²) in [4.78, 5) is 42.0. The molecule has 2 heterocycles. The molecule has 0 bridgehead atoms. The van der Waals surface area contributed by atoms with Crippen molar-refractivity contribution < 1.29 is 32.8 Å². The number of carboxylic acids is 1. The number of hydrogen-bond acceptors (Lipinski definition) is 10. The molecule has 0 atom stereocenters. The summed E-state index contributed by atoms with van der Waals surface area (Å²) in [6, 6.07) is 7.18. The molecule has 0 saturated carbocycles. The number of benzene rings is 1. The molecule has 3 rings (SSSR count). The van der Waals surface area contributed by atoms with Crippen molar-refractivity contribution >= 4 is 33.3 Å². The van der Waals surface area contributed by atoms with Gasteiger partial charge in [0.2, 0.25) is 15.7 Å². The molecule has 2 aromatic heterocycles. The maximum atomic E-state index is 13.6. The molecule has 13 nitrogen and oxygen atoms in total. The largest absolute Gasteiger partial charge is 0.478 e. The number of hydrogen-bond donors (Lipinski definition) is 3. The maximum absolute atomic E-state index is 13.6. The maximum Gasteiger partial charge on any atom is 0.364 e. The molecule has 1 amide bonds. The predicted octanol–water partition coefficient (Wildman–Crippen LogP) is 3.63. The molecule has 14 heteroatoms. The molecular weight excluding hydrogens is 518 g/mol. The van der Waals surface area contributed by atoms with Crippen LogP contribution in [-0.2, 0) is 9.84 Å². The predicted molar refractivity (Wildman–Crippen MR) is 135 cm³/mol. The Morgan fingerprint density at radius 1 is 1.13 bits per heavy atom. The third-order valence-electron chi connectivity index (χ3n) is 5.01. The molecule has 38 heavy (non-hydrogen) atoms. The minimum absolute atomic E-state index is 0.0526. The van der Waals surface area contributed by atoms with Gasteiger partial charge in [0.1, 0.15) is 22.7 Å².